The number of rotatable bonds is 5. The lowest BCUT2D eigenvalue weighted by atomic mass is 9.83. The van der Waals surface area contributed by atoms with Crippen LogP contribution in [0.15, 0.2) is 0 Å². The van der Waals surface area contributed by atoms with Crippen molar-refractivity contribution >= 4 is 0 Å². The second-order valence-corrected chi connectivity index (χ2v) is 7.16. The van der Waals surface area contributed by atoms with Crippen LogP contribution >= 0.6 is 0 Å². The highest BCUT2D eigenvalue weighted by atomic mass is 15.0. The van der Waals surface area contributed by atoms with Crippen molar-refractivity contribution in [1.82, 2.24) is 5.32 Å². The predicted octanol–water partition coefficient (Wildman–Crippen LogP) is 5.29. The summed E-state index contributed by atoms with van der Waals surface area (Å²) in [7, 11) is 0. The normalized spacial score (nSPS) is 36.9. The molecule has 4 atom stereocenters. The fourth-order valence-corrected chi connectivity index (χ4v) is 4.39. The van der Waals surface area contributed by atoms with Crippen LogP contribution in [-0.2, 0) is 0 Å². The van der Waals surface area contributed by atoms with Gasteiger partial charge in [0.1, 0.15) is 0 Å². The van der Waals surface area contributed by atoms with E-state index in [0.717, 1.165) is 23.9 Å². The predicted molar refractivity (Wildman–Crippen MR) is 84.4 cm³/mol. The van der Waals surface area contributed by atoms with E-state index in [1.54, 1.807) is 0 Å². The highest BCUT2D eigenvalue weighted by Gasteiger charge is 2.24. The summed E-state index contributed by atoms with van der Waals surface area (Å²) in [6.45, 7) is 4.71. The Morgan fingerprint density at radius 1 is 0.789 bits per heavy atom. The van der Waals surface area contributed by atoms with Crippen molar-refractivity contribution in [3.8, 4) is 0 Å². The molecule has 0 aromatic rings. The summed E-state index contributed by atoms with van der Waals surface area (Å²) in [6, 6.07) is 1.67. The van der Waals surface area contributed by atoms with E-state index in [-0.39, 0.29) is 0 Å². The van der Waals surface area contributed by atoms with Gasteiger partial charge in [0.2, 0.25) is 0 Å². The average Bonchev–Trinajstić information content (AvgIpc) is 2.65. The molecular weight excluding hydrogens is 230 g/mol. The van der Waals surface area contributed by atoms with Crippen molar-refractivity contribution in [1.29, 1.82) is 0 Å². The third kappa shape index (κ3) is 5.10. The van der Waals surface area contributed by atoms with E-state index in [4.69, 9.17) is 0 Å². The summed E-state index contributed by atoms with van der Waals surface area (Å²) in [5, 5.41) is 4.02. The van der Waals surface area contributed by atoms with Gasteiger partial charge in [0.25, 0.3) is 0 Å². The summed E-state index contributed by atoms with van der Waals surface area (Å²) >= 11 is 0. The van der Waals surface area contributed by atoms with Crippen LogP contribution in [0.1, 0.15) is 90.9 Å². The number of hydrogen-bond acceptors (Lipinski definition) is 1. The van der Waals surface area contributed by atoms with Crippen LogP contribution in [-0.4, -0.2) is 12.1 Å². The molecule has 2 aliphatic rings. The zero-order chi connectivity index (χ0) is 13.5. The maximum absolute atomic E-state index is 4.02. The van der Waals surface area contributed by atoms with Crippen molar-refractivity contribution in [2.24, 2.45) is 11.8 Å². The maximum atomic E-state index is 4.02. The van der Waals surface area contributed by atoms with Crippen molar-refractivity contribution < 1.29 is 0 Å². The number of hydrogen-bond donors (Lipinski definition) is 1. The van der Waals surface area contributed by atoms with Crippen molar-refractivity contribution in [3.63, 3.8) is 0 Å². The molecule has 112 valence electrons. The minimum atomic E-state index is 0.836. The van der Waals surface area contributed by atoms with Gasteiger partial charge in [-0.25, -0.2) is 0 Å². The molecule has 2 saturated carbocycles. The summed E-state index contributed by atoms with van der Waals surface area (Å²) in [5.74, 6) is 2.04. The molecule has 2 aliphatic carbocycles. The third-order valence-corrected chi connectivity index (χ3v) is 5.62. The Balaban J connectivity index is 1.73. The first-order valence-corrected chi connectivity index (χ1v) is 9.07. The summed E-state index contributed by atoms with van der Waals surface area (Å²) in [6.07, 6.45) is 17.4. The van der Waals surface area contributed by atoms with Crippen LogP contribution in [0.4, 0.5) is 0 Å². The van der Waals surface area contributed by atoms with Gasteiger partial charge >= 0.3 is 0 Å². The fraction of sp³-hybridized carbons (Fsp3) is 1.00. The summed E-state index contributed by atoms with van der Waals surface area (Å²) in [4.78, 5) is 0. The van der Waals surface area contributed by atoms with E-state index in [1.807, 2.05) is 0 Å². The standard InChI is InChI=1S/C18H35N/c1-3-7-16-9-6-10-17(13-12-16)19-18-11-5-8-15(4-2)14-18/h15-19H,3-14H2,1-2H3. The molecule has 0 amide bonds. The summed E-state index contributed by atoms with van der Waals surface area (Å²) < 4.78 is 0. The monoisotopic (exact) mass is 265 g/mol. The van der Waals surface area contributed by atoms with Crippen LogP contribution in [0.5, 0.6) is 0 Å². The van der Waals surface area contributed by atoms with Gasteiger partial charge < -0.3 is 5.32 Å². The molecule has 0 spiro atoms. The molecule has 0 bridgehead atoms. The lowest BCUT2D eigenvalue weighted by Crippen LogP contribution is -2.41. The van der Waals surface area contributed by atoms with Crippen molar-refractivity contribution in [2.45, 2.75) is 103 Å². The third-order valence-electron chi connectivity index (χ3n) is 5.62. The number of nitrogens with one attached hydrogen (secondary N) is 1. The SMILES string of the molecule is CCCC1CCCC(NC2CCCC(CC)C2)CC1. The van der Waals surface area contributed by atoms with E-state index >= 15 is 0 Å². The van der Waals surface area contributed by atoms with Crippen LogP contribution < -0.4 is 5.32 Å². The molecule has 2 rings (SSSR count). The highest BCUT2D eigenvalue weighted by Crippen LogP contribution is 2.30. The maximum Gasteiger partial charge on any atom is 0.00722 e. The molecule has 1 nitrogen and oxygen atoms in total. The van der Waals surface area contributed by atoms with Gasteiger partial charge in [-0.2, -0.15) is 0 Å². The van der Waals surface area contributed by atoms with Crippen LogP contribution in [0.2, 0.25) is 0 Å². The van der Waals surface area contributed by atoms with Gasteiger partial charge in [-0.1, -0.05) is 58.8 Å². The Morgan fingerprint density at radius 2 is 1.53 bits per heavy atom. The Labute approximate surface area is 120 Å². The Bertz CT molecular complexity index is 238. The molecular formula is C18H35N. The topological polar surface area (TPSA) is 12.0 Å². The van der Waals surface area contributed by atoms with Gasteiger partial charge in [0.15, 0.2) is 0 Å². The van der Waals surface area contributed by atoms with Gasteiger partial charge in [-0.05, 0) is 43.9 Å². The lowest BCUT2D eigenvalue weighted by Gasteiger charge is -2.32. The molecule has 4 unspecified atom stereocenters. The van der Waals surface area contributed by atoms with E-state index < -0.39 is 0 Å². The first-order valence-electron chi connectivity index (χ1n) is 9.07. The van der Waals surface area contributed by atoms with Gasteiger partial charge in [-0.3, -0.25) is 0 Å². The molecule has 2 fully saturated rings. The minimum absolute atomic E-state index is 0.836. The molecule has 0 heterocycles. The molecule has 1 heteroatoms. The zero-order valence-corrected chi connectivity index (χ0v) is 13.3. The smallest absolute Gasteiger partial charge is 0.00722 e. The molecule has 0 aromatic heterocycles. The highest BCUT2D eigenvalue weighted by molar-refractivity contribution is 4.82. The van der Waals surface area contributed by atoms with Crippen molar-refractivity contribution in [3.05, 3.63) is 0 Å². The molecule has 0 saturated heterocycles. The Morgan fingerprint density at radius 3 is 2.26 bits per heavy atom. The Hall–Kier alpha value is -0.0400. The average molecular weight is 265 g/mol. The van der Waals surface area contributed by atoms with E-state index in [0.29, 0.717) is 0 Å². The van der Waals surface area contributed by atoms with Crippen molar-refractivity contribution in [2.75, 3.05) is 0 Å². The first-order chi connectivity index (χ1) is 9.31. The van der Waals surface area contributed by atoms with E-state index in [2.05, 4.69) is 19.2 Å². The fourth-order valence-electron chi connectivity index (χ4n) is 4.39. The molecule has 0 radical (unpaired) electrons. The Kier molecular flexibility index (Phi) is 6.70. The quantitative estimate of drug-likeness (QED) is 0.666. The molecule has 0 aromatic carbocycles. The second kappa shape index (κ2) is 8.29. The van der Waals surface area contributed by atoms with Crippen LogP contribution in [0.3, 0.4) is 0 Å². The van der Waals surface area contributed by atoms with Crippen LogP contribution in [0, 0.1) is 11.8 Å². The largest absolute Gasteiger partial charge is 0.311 e. The van der Waals surface area contributed by atoms with Gasteiger partial charge in [0, 0.05) is 12.1 Å². The molecule has 0 aliphatic heterocycles. The van der Waals surface area contributed by atoms with Gasteiger partial charge in [-0.15, -0.1) is 0 Å². The molecule has 1 N–H and O–H groups in total. The second-order valence-electron chi connectivity index (χ2n) is 7.16. The van der Waals surface area contributed by atoms with E-state index in [9.17, 15) is 0 Å². The summed E-state index contributed by atoms with van der Waals surface area (Å²) in [5.41, 5.74) is 0. The molecule has 19 heavy (non-hydrogen) atoms. The van der Waals surface area contributed by atoms with Gasteiger partial charge in [0.05, 0.1) is 0 Å². The van der Waals surface area contributed by atoms with E-state index in [1.165, 1.54) is 77.0 Å². The lowest BCUT2D eigenvalue weighted by molar-refractivity contribution is 0.253. The minimum Gasteiger partial charge on any atom is -0.311 e. The van der Waals surface area contributed by atoms with Crippen LogP contribution in [0.25, 0.3) is 0 Å². The first kappa shape index (κ1) is 15.4. The zero-order valence-electron chi connectivity index (χ0n) is 13.3.